The first-order valence-electron chi connectivity index (χ1n) is 19.9. The van der Waals surface area contributed by atoms with Crippen LogP contribution in [0.1, 0.15) is 20.6 Å². The summed E-state index contributed by atoms with van der Waals surface area (Å²) in [5.41, 5.74) is 0.416. The molecule has 0 N–H and O–H groups in total. The molecule has 0 amide bonds. The zero-order valence-corrected chi connectivity index (χ0v) is 20.4. The Bertz CT molecular complexity index is 3190. The summed E-state index contributed by atoms with van der Waals surface area (Å²) in [7, 11) is 0. The van der Waals surface area contributed by atoms with Crippen LogP contribution in [-0.4, -0.2) is 0 Å². The van der Waals surface area contributed by atoms with Crippen molar-refractivity contribution in [3.63, 3.8) is 0 Å². The molecule has 0 saturated carbocycles. The molecule has 0 saturated heterocycles. The van der Waals surface area contributed by atoms with Crippen LogP contribution in [0.5, 0.6) is 0 Å². The summed E-state index contributed by atoms with van der Waals surface area (Å²) in [6, 6.07) is 2.15. The molecule has 186 valence electrons. The standard InChI is InChI=1S/C38H22O2/c1-2-10-24-19-25(18-17-23(24)9-1)37-28-12-3-5-14-30(28)38(31-15-6-4-13-29(31)37)36-21-26-20-32-27-11-7-8-16-33(27)39-35(32)22-34(26)40-36/h1-22H/i1D,2D,3D,4D,5D,6D,9D,10D,12D,13D,14D,15D,17D,18D,19D. The lowest BCUT2D eigenvalue weighted by Crippen LogP contribution is -1.90. The summed E-state index contributed by atoms with van der Waals surface area (Å²) >= 11 is 0. The fraction of sp³-hybridized carbons (Fsp3) is 0. The SMILES string of the molecule is [2H]c1c([2H])c([2H])c2c([2H])c(-c3c4c([2H])c([2H])c([2H])c([2H])c4c(-c4cc5cc6c(cc5o4)oc4ccccc46)c4c([2H])c([2H])c([2H])c([2H])c34)c([2H])c([2H])c2c1[2H]. The third-order valence-electron chi connectivity index (χ3n) is 7.14. The van der Waals surface area contributed by atoms with Gasteiger partial charge in [0.2, 0.25) is 0 Å². The molecule has 9 aromatic rings. The van der Waals surface area contributed by atoms with Gasteiger partial charge in [0.1, 0.15) is 22.5 Å². The third-order valence-corrected chi connectivity index (χ3v) is 7.14. The lowest BCUT2D eigenvalue weighted by Gasteiger charge is -2.16. The second-order valence-electron chi connectivity index (χ2n) is 9.35. The molecule has 7 aromatic carbocycles. The average Bonchev–Trinajstić information content (AvgIpc) is 3.75. The minimum atomic E-state index is -0.753. The maximum atomic E-state index is 9.35. The van der Waals surface area contributed by atoms with E-state index in [1.165, 1.54) is 0 Å². The Morgan fingerprint density at radius 1 is 0.450 bits per heavy atom. The summed E-state index contributed by atoms with van der Waals surface area (Å²) in [6.07, 6.45) is 0. The van der Waals surface area contributed by atoms with Gasteiger partial charge in [-0.25, -0.2) is 0 Å². The average molecular weight is 526 g/mol. The fourth-order valence-corrected chi connectivity index (χ4v) is 5.41. The molecule has 0 radical (unpaired) electrons. The first-order chi connectivity index (χ1) is 26.1. The summed E-state index contributed by atoms with van der Waals surface area (Å²) in [6.45, 7) is 0. The molecule has 0 atom stereocenters. The summed E-state index contributed by atoms with van der Waals surface area (Å²) in [5, 5.41) is 0.0703. The van der Waals surface area contributed by atoms with Gasteiger partial charge in [-0.3, -0.25) is 0 Å². The summed E-state index contributed by atoms with van der Waals surface area (Å²) < 4.78 is 145. The third kappa shape index (κ3) is 3.05. The minimum Gasteiger partial charge on any atom is -0.456 e. The highest BCUT2D eigenvalue weighted by Gasteiger charge is 2.20. The normalized spacial score (nSPS) is 17.2. The molecule has 9 rings (SSSR count). The number of benzene rings is 7. The molecule has 0 bridgehead atoms. The molecule has 0 aliphatic heterocycles. The quantitative estimate of drug-likeness (QED) is 0.210. The van der Waals surface area contributed by atoms with Gasteiger partial charge in [0, 0.05) is 27.8 Å². The van der Waals surface area contributed by atoms with Crippen molar-refractivity contribution in [2.45, 2.75) is 0 Å². The van der Waals surface area contributed by atoms with Crippen LogP contribution in [0.2, 0.25) is 0 Å². The second kappa shape index (κ2) is 8.08. The Balaban J connectivity index is 1.54. The number of hydrogen-bond acceptors (Lipinski definition) is 2. The maximum Gasteiger partial charge on any atom is 0.139 e. The smallest absolute Gasteiger partial charge is 0.139 e. The zero-order valence-electron chi connectivity index (χ0n) is 35.4. The van der Waals surface area contributed by atoms with E-state index in [0.29, 0.717) is 22.1 Å². The Kier molecular flexibility index (Phi) is 2.39. The van der Waals surface area contributed by atoms with Crippen LogP contribution in [0.4, 0.5) is 0 Å². The van der Waals surface area contributed by atoms with Gasteiger partial charge in [-0.2, -0.15) is 0 Å². The molecule has 2 heterocycles. The van der Waals surface area contributed by atoms with Crippen molar-refractivity contribution in [3.05, 3.63) is 133 Å². The van der Waals surface area contributed by atoms with Crippen molar-refractivity contribution >= 4 is 65.2 Å². The van der Waals surface area contributed by atoms with E-state index in [-0.39, 0.29) is 32.9 Å². The largest absolute Gasteiger partial charge is 0.456 e. The summed E-state index contributed by atoms with van der Waals surface area (Å²) in [5.74, 6) is -0.0189. The van der Waals surface area contributed by atoms with E-state index >= 15 is 0 Å². The van der Waals surface area contributed by atoms with Gasteiger partial charge in [-0.1, -0.05) is 103 Å². The van der Waals surface area contributed by atoms with Crippen LogP contribution in [0, 0.1) is 0 Å². The van der Waals surface area contributed by atoms with E-state index < -0.39 is 113 Å². The molecular weight excluding hydrogens is 488 g/mol. The van der Waals surface area contributed by atoms with Crippen molar-refractivity contribution in [2.75, 3.05) is 0 Å². The van der Waals surface area contributed by atoms with E-state index in [2.05, 4.69) is 0 Å². The number of hydrogen-bond donors (Lipinski definition) is 0. The Labute approximate surface area is 250 Å². The van der Waals surface area contributed by atoms with E-state index in [9.17, 15) is 6.85 Å². The lowest BCUT2D eigenvalue weighted by molar-refractivity contribution is 0.629. The lowest BCUT2D eigenvalue weighted by atomic mass is 9.87. The van der Waals surface area contributed by atoms with Crippen molar-refractivity contribution in [1.29, 1.82) is 0 Å². The monoisotopic (exact) mass is 525 g/mol. The number of para-hydroxylation sites is 1. The predicted molar refractivity (Wildman–Crippen MR) is 167 cm³/mol. The molecule has 2 nitrogen and oxygen atoms in total. The van der Waals surface area contributed by atoms with Crippen molar-refractivity contribution in [3.8, 4) is 22.5 Å². The number of fused-ring (bicyclic) bond motifs is 7. The van der Waals surface area contributed by atoms with Gasteiger partial charge in [0.25, 0.3) is 0 Å². The van der Waals surface area contributed by atoms with Crippen LogP contribution in [0.15, 0.2) is 142 Å². The Morgan fingerprint density at radius 2 is 1.12 bits per heavy atom. The molecule has 0 unspecified atom stereocenters. The van der Waals surface area contributed by atoms with Crippen LogP contribution < -0.4 is 0 Å². The Hall–Kier alpha value is -5.34. The highest BCUT2D eigenvalue weighted by atomic mass is 16.3. The number of rotatable bonds is 2. The van der Waals surface area contributed by atoms with Crippen LogP contribution in [0.3, 0.4) is 0 Å². The fourth-order valence-electron chi connectivity index (χ4n) is 5.41. The predicted octanol–water partition coefficient (Wildman–Crippen LogP) is 11.1. The summed E-state index contributed by atoms with van der Waals surface area (Å²) in [4.78, 5) is 0. The van der Waals surface area contributed by atoms with Gasteiger partial charge in [-0.15, -0.1) is 0 Å². The molecule has 0 fully saturated rings. The van der Waals surface area contributed by atoms with Crippen LogP contribution >= 0.6 is 0 Å². The number of furan rings is 2. The molecule has 0 aliphatic rings. The molecule has 0 spiro atoms. The molecule has 2 heteroatoms. The van der Waals surface area contributed by atoms with Gasteiger partial charge in [-0.05, 0) is 67.7 Å². The molecule has 40 heavy (non-hydrogen) atoms. The van der Waals surface area contributed by atoms with E-state index in [0.717, 1.165) is 10.8 Å². The van der Waals surface area contributed by atoms with E-state index in [1.54, 1.807) is 12.1 Å². The minimum absolute atomic E-state index is 0.0189. The van der Waals surface area contributed by atoms with Gasteiger partial charge >= 0.3 is 0 Å². The van der Waals surface area contributed by atoms with Gasteiger partial charge in [0.05, 0.1) is 20.6 Å². The van der Waals surface area contributed by atoms with Gasteiger partial charge < -0.3 is 8.83 Å². The van der Waals surface area contributed by atoms with E-state index in [4.69, 9.17) is 22.5 Å². The maximum absolute atomic E-state index is 9.35. The first-order valence-corrected chi connectivity index (χ1v) is 12.4. The van der Waals surface area contributed by atoms with Gasteiger partial charge in [0.15, 0.2) is 0 Å². The van der Waals surface area contributed by atoms with E-state index in [1.807, 2.05) is 30.3 Å². The topological polar surface area (TPSA) is 26.3 Å². The highest BCUT2D eigenvalue weighted by Crippen LogP contribution is 2.45. The van der Waals surface area contributed by atoms with Crippen molar-refractivity contribution in [2.24, 2.45) is 0 Å². The second-order valence-corrected chi connectivity index (χ2v) is 9.35. The van der Waals surface area contributed by atoms with Crippen LogP contribution in [0.25, 0.3) is 87.7 Å². The Morgan fingerprint density at radius 3 is 1.90 bits per heavy atom. The molecule has 2 aromatic heterocycles. The first kappa shape index (κ1) is 11.8. The van der Waals surface area contributed by atoms with Crippen molar-refractivity contribution in [1.82, 2.24) is 0 Å². The highest BCUT2D eigenvalue weighted by molar-refractivity contribution is 6.22. The van der Waals surface area contributed by atoms with Crippen molar-refractivity contribution < 1.29 is 29.4 Å². The van der Waals surface area contributed by atoms with Crippen LogP contribution in [-0.2, 0) is 0 Å². The zero-order chi connectivity index (χ0) is 39.3. The molecule has 0 aliphatic carbocycles. The molecular formula is C38H22O2.